The predicted molar refractivity (Wildman–Crippen MR) is 85.9 cm³/mol. The first-order chi connectivity index (χ1) is 11.7. The average molecular weight is 320 g/mol. The lowest BCUT2D eigenvalue weighted by Crippen LogP contribution is -2.00. The Hall–Kier alpha value is -3.28. The van der Waals surface area contributed by atoms with Crippen molar-refractivity contribution in [3.05, 3.63) is 73.0 Å². The molecule has 4 rings (SSSR count). The topological polar surface area (TPSA) is 51.6 Å². The van der Waals surface area contributed by atoms with Crippen LogP contribution >= 0.6 is 0 Å². The van der Waals surface area contributed by atoms with Crippen LogP contribution in [0.1, 0.15) is 0 Å². The van der Waals surface area contributed by atoms with Crippen molar-refractivity contribution in [1.29, 1.82) is 0 Å². The van der Waals surface area contributed by atoms with Gasteiger partial charge in [-0.25, -0.2) is 0 Å². The van der Waals surface area contributed by atoms with Crippen LogP contribution in [0.4, 0.5) is 8.78 Å². The fourth-order valence-electron chi connectivity index (χ4n) is 2.61. The molecular weight excluding hydrogens is 310 g/mol. The Balaban J connectivity index is 1.88. The van der Waals surface area contributed by atoms with E-state index in [0.717, 1.165) is 22.0 Å². The summed E-state index contributed by atoms with van der Waals surface area (Å²) >= 11 is 0. The molecule has 0 unspecified atom stereocenters. The van der Waals surface area contributed by atoms with Gasteiger partial charge < -0.3 is 0 Å². The second-order valence-electron chi connectivity index (χ2n) is 5.16. The molecule has 24 heavy (non-hydrogen) atoms. The summed E-state index contributed by atoms with van der Waals surface area (Å²) in [6.07, 6.45) is -0.565. The molecule has 0 atom stereocenters. The van der Waals surface area contributed by atoms with E-state index < -0.39 is 12.2 Å². The van der Waals surface area contributed by atoms with Crippen LogP contribution < -0.4 is 0 Å². The number of fused-ring (bicyclic) bond motifs is 1. The molecule has 0 saturated carbocycles. The van der Waals surface area contributed by atoms with Gasteiger partial charge in [-0.1, -0.05) is 42.5 Å². The Morgan fingerprint density at radius 3 is 2.29 bits per heavy atom. The maximum atomic E-state index is 13.2. The summed E-state index contributed by atoms with van der Waals surface area (Å²) in [5.74, 6) is -0.0536. The Kier molecular flexibility index (Phi) is 3.42. The molecule has 4 nitrogen and oxygen atoms in total. The van der Waals surface area contributed by atoms with Crippen molar-refractivity contribution in [1.82, 2.24) is 19.9 Å². The van der Waals surface area contributed by atoms with Crippen molar-refractivity contribution in [2.75, 3.05) is 0 Å². The molecule has 2 aromatic carbocycles. The van der Waals surface area contributed by atoms with Crippen LogP contribution in [-0.2, 0) is 0 Å². The van der Waals surface area contributed by atoms with Gasteiger partial charge in [-0.2, -0.15) is 23.7 Å². The molecule has 0 aliphatic carbocycles. The third kappa shape index (κ3) is 2.58. The largest absolute Gasteiger partial charge is 0.314 e. The quantitative estimate of drug-likeness (QED) is 0.559. The highest BCUT2D eigenvalue weighted by Crippen LogP contribution is 2.28. The Labute approximate surface area is 135 Å². The van der Waals surface area contributed by atoms with Crippen LogP contribution in [0.25, 0.3) is 33.4 Å². The smallest absolute Gasteiger partial charge is 0.256 e. The van der Waals surface area contributed by atoms with Gasteiger partial charge in [0.1, 0.15) is 0 Å². The fraction of sp³-hybridized carbons (Fsp3) is 0. The van der Waals surface area contributed by atoms with Crippen LogP contribution in [0.2, 0.25) is 0 Å². The molecule has 0 amide bonds. The number of nitrogens with zero attached hydrogens (tertiary/aromatic N) is 4. The lowest BCUT2D eigenvalue weighted by atomic mass is 10.0. The summed E-state index contributed by atoms with van der Waals surface area (Å²) in [6.45, 7) is 0. The van der Waals surface area contributed by atoms with Crippen molar-refractivity contribution in [3.63, 3.8) is 0 Å². The van der Waals surface area contributed by atoms with E-state index in [1.807, 2.05) is 36.4 Å². The summed E-state index contributed by atoms with van der Waals surface area (Å²) in [7, 11) is 0. The maximum Gasteiger partial charge on any atom is 0.314 e. The van der Waals surface area contributed by atoms with Gasteiger partial charge in [0.05, 0.1) is 5.69 Å². The zero-order valence-corrected chi connectivity index (χ0v) is 12.3. The molecule has 0 aliphatic heterocycles. The molecule has 6 heteroatoms. The van der Waals surface area contributed by atoms with Gasteiger partial charge in [-0.15, -0.1) is 0 Å². The van der Waals surface area contributed by atoms with Crippen molar-refractivity contribution < 1.29 is 8.78 Å². The lowest BCUT2D eigenvalue weighted by molar-refractivity contribution is 0.457. The SMILES string of the molecule is Fc1nc(F)nc(-c2cccc(-c3nccc4ccccc34)c2)n1. The molecule has 0 N–H and O–H groups in total. The maximum absolute atomic E-state index is 13.2. The molecule has 0 spiro atoms. The number of halogens is 2. The zero-order valence-electron chi connectivity index (χ0n) is 12.3. The van der Waals surface area contributed by atoms with E-state index in [1.54, 1.807) is 24.4 Å². The highest BCUT2D eigenvalue weighted by atomic mass is 19.1. The Bertz CT molecular complexity index is 1020. The molecule has 2 heterocycles. The molecule has 0 saturated heterocycles. The normalized spacial score (nSPS) is 10.9. The van der Waals surface area contributed by atoms with Crippen LogP contribution in [0, 0.1) is 12.2 Å². The van der Waals surface area contributed by atoms with Crippen molar-refractivity contribution >= 4 is 10.8 Å². The van der Waals surface area contributed by atoms with Gasteiger partial charge in [0.2, 0.25) is 0 Å². The summed E-state index contributed by atoms with van der Waals surface area (Å²) in [5.41, 5.74) is 2.08. The van der Waals surface area contributed by atoms with Crippen molar-refractivity contribution in [2.45, 2.75) is 0 Å². The van der Waals surface area contributed by atoms with Crippen LogP contribution in [0.3, 0.4) is 0 Å². The van der Waals surface area contributed by atoms with E-state index in [-0.39, 0.29) is 5.82 Å². The van der Waals surface area contributed by atoms with Gasteiger partial charge >= 0.3 is 12.2 Å². The predicted octanol–water partition coefficient (Wildman–Crippen LogP) is 4.03. The number of aromatic nitrogens is 4. The first-order valence-electron chi connectivity index (χ1n) is 7.22. The van der Waals surface area contributed by atoms with Crippen molar-refractivity contribution in [2.24, 2.45) is 0 Å². The number of rotatable bonds is 2. The standard InChI is InChI=1S/C18H10F2N4/c19-17-22-16(23-18(20)24-17)13-6-3-5-12(10-13)15-14-7-2-1-4-11(14)8-9-21-15/h1-10H. The van der Waals surface area contributed by atoms with Gasteiger partial charge in [-0.05, 0) is 17.5 Å². The minimum absolute atomic E-state index is 0.0536. The highest BCUT2D eigenvalue weighted by Gasteiger charge is 2.10. The summed E-state index contributed by atoms with van der Waals surface area (Å²) in [4.78, 5) is 14.5. The Morgan fingerprint density at radius 2 is 1.46 bits per heavy atom. The summed E-state index contributed by atoms with van der Waals surface area (Å²) in [5, 5.41) is 2.05. The number of hydrogen-bond acceptors (Lipinski definition) is 4. The second-order valence-corrected chi connectivity index (χ2v) is 5.16. The van der Waals surface area contributed by atoms with Crippen molar-refractivity contribution in [3.8, 4) is 22.6 Å². The summed E-state index contributed by atoms with van der Waals surface area (Å²) in [6, 6.07) is 16.9. The first-order valence-corrected chi connectivity index (χ1v) is 7.22. The average Bonchev–Trinajstić information content (AvgIpc) is 2.60. The highest BCUT2D eigenvalue weighted by molar-refractivity contribution is 5.94. The Morgan fingerprint density at radius 1 is 0.708 bits per heavy atom. The number of hydrogen-bond donors (Lipinski definition) is 0. The van der Waals surface area contributed by atoms with Gasteiger partial charge in [0, 0.05) is 22.7 Å². The van der Waals surface area contributed by atoms with E-state index in [2.05, 4.69) is 19.9 Å². The molecule has 0 aliphatic rings. The third-order valence-corrected chi connectivity index (χ3v) is 3.65. The number of pyridine rings is 1. The summed E-state index contributed by atoms with van der Waals surface area (Å²) < 4.78 is 26.5. The second kappa shape index (κ2) is 5.73. The zero-order chi connectivity index (χ0) is 16.5. The molecular formula is C18H10F2N4. The van der Waals surface area contributed by atoms with E-state index >= 15 is 0 Å². The van der Waals surface area contributed by atoms with Gasteiger partial charge in [-0.3, -0.25) is 4.98 Å². The minimum atomic E-state index is -1.15. The minimum Gasteiger partial charge on any atom is -0.256 e. The monoisotopic (exact) mass is 320 g/mol. The molecule has 0 radical (unpaired) electrons. The molecule has 0 bridgehead atoms. The third-order valence-electron chi connectivity index (χ3n) is 3.65. The molecule has 0 fully saturated rings. The first kappa shape index (κ1) is 14.3. The van der Waals surface area contributed by atoms with Gasteiger partial charge in [0.15, 0.2) is 5.82 Å². The molecule has 4 aromatic rings. The van der Waals surface area contributed by atoms with E-state index in [9.17, 15) is 8.78 Å². The van der Waals surface area contributed by atoms with E-state index in [0.29, 0.717) is 5.56 Å². The molecule has 2 aromatic heterocycles. The molecule has 116 valence electrons. The van der Waals surface area contributed by atoms with Crippen LogP contribution in [-0.4, -0.2) is 19.9 Å². The fourth-order valence-corrected chi connectivity index (χ4v) is 2.61. The van der Waals surface area contributed by atoms with Gasteiger partial charge in [0.25, 0.3) is 0 Å². The van der Waals surface area contributed by atoms with Crippen LogP contribution in [0.5, 0.6) is 0 Å². The van der Waals surface area contributed by atoms with E-state index in [4.69, 9.17) is 0 Å². The lowest BCUT2D eigenvalue weighted by Gasteiger charge is -2.07. The number of benzene rings is 2. The van der Waals surface area contributed by atoms with Crippen LogP contribution in [0.15, 0.2) is 60.8 Å². The van der Waals surface area contributed by atoms with E-state index in [1.165, 1.54) is 0 Å².